The number of aliphatic hydroxyl groups excluding tert-OH is 1. The highest BCUT2D eigenvalue weighted by molar-refractivity contribution is 5.82. The number of hydrogen-bond donors (Lipinski definition) is 3. The third-order valence-corrected chi connectivity index (χ3v) is 5.53. The minimum absolute atomic E-state index is 0.180. The number of carbonyl (C=O) groups is 1. The van der Waals surface area contributed by atoms with Crippen LogP contribution in [0.4, 0.5) is 0 Å². The summed E-state index contributed by atoms with van der Waals surface area (Å²) < 4.78 is 0. The van der Waals surface area contributed by atoms with Crippen molar-refractivity contribution in [1.82, 2.24) is 10.6 Å². The van der Waals surface area contributed by atoms with Gasteiger partial charge in [-0.1, -0.05) is 12.8 Å². The summed E-state index contributed by atoms with van der Waals surface area (Å²) in [6.45, 7) is 2.55. The van der Waals surface area contributed by atoms with E-state index in [1.54, 1.807) is 0 Å². The van der Waals surface area contributed by atoms with Crippen LogP contribution in [0.25, 0.3) is 0 Å². The molecule has 108 valence electrons. The standard InChI is InChI=1S/C15H26N2O2/c18-13(11-3-1-2-4-11)10-17-14(19)12-9-15(12)5-7-16-8-6-15/h11-13,16,18H,1-10H2,(H,17,19). The van der Waals surface area contributed by atoms with Crippen LogP contribution in [0.2, 0.25) is 0 Å². The van der Waals surface area contributed by atoms with Crippen molar-refractivity contribution < 1.29 is 9.90 Å². The molecule has 4 nitrogen and oxygen atoms in total. The molecule has 1 heterocycles. The van der Waals surface area contributed by atoms with Gasteiger partial charge in [0.2, 0.25) is 5.91 Å². The first-order chi connectivity index (χ1) is 9.21. The van der Waals surface area contributed by atoms with Gasteiger partial charge >= 0.3 is 0 Å². The van der Waals surface area contributed by atoms with Crippen molar-refractivity contribution in [3.63, 3.8) is 0 Å². The molecule has 0 radical (unpaired) electrons. The summed E-state index contributed by atoms with van der Waals surface area (Å²) >= 11 is 0. The van der Waals surface area contributed by atoms with E-state index in [1.165, 1.54) is 12.8 Å². The minimum atomic E-state index is -0.339. The van der Waals surface area contributed by atoms with Crippen LogP contribution in [0.5, 0.6) is 0 Å². The molecule has 4 heteroatoms. The number of amides is 1. The number of nitrogens with one attached hydrogen (secondary N) is 2. The SMILES string of the molecule is O=C(NCC(O)C1CCCC1)C1CC12CCNCC2. The zero-order chi connectivity index (χ0) is 13.3. The number of piperidine rings is 1. The Labute approximate surface area is 115 Å². The first-order valence-corrected chi connectivity index (χ1v) is 7.88. The fourth-order valence-corrected chi connectivity index (χ4v) is 4.03. The Hall–Kier alpha value is -0.610. The number of hydrogen-bond acceptors (Lipinski definition) is 3. The third kappa shape index (κ3) is 2.79. The summed E-state index contributed by atoms with van der Waals surface area (Å²) in [6.07, 6.45) is 7.69. The summed E-state index contributed by atoms with van der Waals surface area (Å²) in [5.41, 5.74) is 0.299. The van der Waals surface area contributed by atoms with E-state index in [0.717, 1.165) is 45.2 Å². The lowest BCUT2D eigenvalue weighted by molar-refractivity contribution is -0.123. The van der Waals surface area contributed by atoms with E-state index in [9.17, 15) is 9.90 Å². The van der Waals surface area contributed by atoms with Crippen molar-refractivity contribution in [2.75, 3.05) is 19.6 Å². The zero-order valence-corrected chi connectivity index (χ0v) is 11.7. The summed E-state index contributed by atoms with van der Waals surface area (Å²) in [5.74, 6) is 0.802. The molecule has 2 saturated carbocycles. The Balaban J connectivity index is 1.42. The van der Waals surface area contributed by atoms with Gasteiger partial charge in [0.25, 0.3) is 0 Å². The summed E-state index contributed by atoms with van der Waals surface area (Å²) in [7, 11) is 0. The lowest BCUT2D eigenvalue weighted by Gasteiger charge is -2.23. The highest BCUT2D eigenvalue weighted by Gasteiger charge is 2.57. The fraction of sp³-hybridized carbons (Fsp3) is 0.933. The zero-order valence-electron chi connectivity index (χ0n) is 11.7. The van der Waals surface area contributed by atoms with Crippen molar-refractivity contribution in [3.8, 4) is 0 Å². The van der Waals surface area contributed by atoms with Crippen LogP contribution in [0.15, 0.2) is 0 Å². The van der Waals surface area contributed by atoms with Crippen LogP contribution in [-0.2, 0) is 4.79 Å². The quantitative estimate of drug-likeness (QED) is 0.712. The van der Waals surface area contributed by atoms with Crippen molar-refractivity contribution in [3.05, 3.63) is 0 Å². The maximum absolute atomic E-state index is 12.2. The highest BCUT2D eigenvalue weighted by atomic mass is 16.3. The predicted molar refractivity (Wildman–Crippen MR) is 73.6 cm³/mol. The molecule has 2 unspecified atom stereocenters. The fourth-order valence-electron chi connectivity index (χ4n) is 4.03. The Kier molecular flexibility index (Phi) is 3.81. The van der Waals surface area contributed by atoms with Gasteiger partial charge in [0, 0.05) is 12.5 Å². The lowest BCUT2D eigenvalue weighted by atomic mass is 9.91. The predicted octanol–water partition coefficient (Wildman–Crippen LogP) is 1.04. The molecule has 0 aromatic carbocycles. The van der Waals surface area contributed by atoms with E-state index < -0.39 is 0 Å². The molecule has 0 bridgehead atoms. The highest BCUT2D eigenvalue weighted by Crippen LogP contribution is 2.58. The third-order valence-electron chi connectivity index (χ3n) is 5.53. The van der Waals surface area contributed by atoms with Crippen molar-refractivity contribution in [1.29, 1.82) is 0 Å². The van der Waals surface area contributed by atoms with Gasteiger partial charge in [-0.15, -0.1) is 0 Å². The van der Waals surface area contributed by atoms with Crippen molar-refractivity contribution in [2.24, 2.45) is 17.3 Å². The second-order valence-corrected chi connectivity index (χ2v) is 6.73. The molecule has 3 fully saturated rings. The van der Waals surface area contributed by atoms with E-state index in [2.05, 4.69) is 10.6 Å². The smallest absolute Gasteiger partial charge is 0.223 e. The van der Waals surface area contributed by atoms with E-state index >= 15 is 0 Å². The lowest BCUT2D eigenvalue weighted by Crippen LogP contribution is -2.38. The van der Waals surface area contributed by atoms with E-state index in [0.29, 0.717) is 17.9 Å². The second kappa shape index (κ2) is 5.41. The Morgan fingerprint density at radius 1 is 1.32 bits per heavy atom. The molecule has 0 aromatic rings. The van der Waals surface area contributed by atoms with Crippen LogP contribution >= 0.6 is 0 Å². The van der Waals surface area contributed by atoms with Gasteiger partial charge in [-0.3, -0.25) is 4.79 Å². The van der Waals surface area contributed by atoms with Crippen molar-refractivity contribution >= 4 is 5.91 Å². The molecule has 1 saturated heterocycles. The normalized spacial score (nSPS) is 31.3. The Morgan fingerprint density at radius 3 is 2.68 bits per heavy atom. The number of carbonyl (C=O) groups excluding carboxylic acids is 1. The average molecular weight is 266 g/mol. The molecule has 19 heavy (non-hydrogen) atoms. The molecule has 1 spiro atoms. The second-order valence-electron chi connectivity index (χ2n) is 6.73. The first kappa shape index (κ1) is 13.4. The molecular weight excluding hydrogens is 240 g/mol. The molecule has 1 amide bonds. The molecule has 1 aliphatic heterocycles. The van der Waals surface area contributed by atoms with Crippen LogP contribution in [0.1, 0.15) is 44.9 Å². The Bertz CT molecular complexity index is 333. The molecule has 0 aromatic heterocycles. The first-order valence-electron chi connectivity index (χ1n) is 7.88. The van der Waals surface area contributed by atoms with Crippen molar-refractivity contribution in [2.45, 2.75) is 51.0 Å². The van der Waals surface area contributed by atoms with Gasteiger partial charge in [0.15, 0.2) is 0 Å². The van der Waals surface area contributed by atoms with Gasteiger partial charge in [-0.05, 0) is 56.5 Å². The van der Waals surface area contributed by atoms with Crippen LogP contribution in [-0.4, -0.2) is 36.8 Å². The summed E-state index contributed by atoms with van der Waals surface area (Å²) in [6, 6.07) is 0. The van der Waals surface area contributed by atoms with Gasteiger partial charge in [0.1, 0.15) is 0 Å². The monoisotopic (exact) mass is 266 g/mol. The number of aliphatic hydroxyl groups is 1. The molecule has 3 aliphatic rings. The molecule has 3 rings (SSSR count). The maximum atomic E-state index is 12.2. The van der Waals surface area contributed by atoms with E-state index in [4.69, 9.17) is 0 Å². The Morgan fingerprint density at radius 2 is 2.00 bits per heavy atom. The average Bonchev–Trinajstić information content (AvgIpc) is 2.90. The molecule has 3 N–H and O–H groups in total. The molecule has 2 atom stereocenters. The van der Waals surface area contributed by atoms with E-state index in [1.807, 2.05) is 0 Å². The van der Waals surface area contributed by atoms with Gasteiger partial charge in [0.05, 0.1) is 6.10 Å². The van der Waals surface area contributed by atoms with Crippen LogP contribution in [0.3, 0.4) is 0 Å². The summed E-state index contributed by atoms with van der Waals surface area (Å²) in [5, 5.41) is 16.4. The topological polar surface area (TPSA) is 61.4 Å². The van der Waals surface area contributed by atoms with Gasteiger partial charge < -0.3 is 15.7 Å². The van der Waals surface area contributed by atoms with Crippen LogP contribution in [0, 0.1) is 17.3 Å². The maximum Gasteiger partial charge on any atom is 0.223 e. The van der Waals surface area contributed by atoms with Gasteiger partial charge in [-0.2, -0.15) is 0 Å². The van der Waals surface area contributed by atoms with E-state index in [-0.39, 0.29) is 17.9 Å². The largest absolute Gasteiger partial charge is 0.391 e. The number of rotatable bonds is 4. The van der Waals surface area contributed by atoms with Crippen LogP contribution < -0.4 is 10.6 Å². The minimum Gasteiger partial charge on any atom is -0.391 e. The molecule has 2 aliphatic carbocycles. The summed E-state index contributed by atoms with van der Waals surface area (Å²) in [4.78, 5) is 12.2. The van der Waals surface area contributed by atoms with Gasteiger partial charge in [-0.25, -0.2) is 0 Å². The molecular formula is C15H26N2O2.